The molecule has 0 amide bonds. The van der Waals surface area contributed by atoms with E-state index in [1.54, 1.807) is 0 Å². The molecule has 0 nitrogen and oxygen atoms in total. The van der Waals surface area contributed by atoms with Crippen LogP contribution in [0.1, 0.15) is 0 Å². The highest BCUT2D eigenvalue weighted by Gasteiger charge is 1.75. The zero-order chi connectivity index (χ0) is 3.58. The van der Waals surface area contributed by atoms with Crippen molar-refractivity contribution in [1.29, 1.82) is 0 Å². The molecule has 0 aliphatic rings. The van der Waals surface area contributed by atoms with Crippen molar-refractivity contribution in [3.05, 3.63) is 0 Å². The quantitative estimate of drug-likeness (QED) is 0.299. The average Bonchev–Trinajstić information content (AvgIpc) is 0.811. The Balaban J connectivity index is 0. The maximum Gasteiger partial charge on any atom is 0.187 e. The van der Waals surface area contributed by atoms with E-state index >= 15 is 0 Å². The van der Waals surface area contributed by atoms with Gasteiger partial charge < -0.3 is 0 Å². The van der Waals surface area contributed by atoms with Crippen molar-refractivity contribution in [2.45, 2.75) is 0 Å². The summed E-state index contributed by atoms with van der Waals surface area (Å²) in [4.78, 5) is 0. The third-order valence-corrected chi connectivity index (χ3v) is 0. The van der Waals surface area contributed by atoms with Gasteiger partial charge in [0.05, 0.1) is 0 Å². The molecule has 2 heteroatoms. The van der Waals surface area contributed by atoms with Crippen LogP contribution in [0.4, 0.5) is 0 Å². The minimum Gasteiger partial charge on any atom is -0.00840 e. The SMILES string of the molecule is C[PH+](C)C.[AlH3]. The van der Waals surface area contributed by atoms with Gasteiger partial charge in [0.1, 0.15) is 0 Å². The molecule has 0 spiro atoms. The van der Waals surface area contributed by atoms with E-state index in [1.165, 1.54) is 0 Å². The Morgan fingerprint density at radius 2 is 1.00 bits per heavy atom. The molecule has 0 saturated carbocycles. The van der Waals surface area contributed by atoms with Crippen LogP contribution in [0.15, 0.2) is 0 Å². The number of hydrogen-bond acceptors (Lipinski definition) is 0. The van der Waals surface area contributed by atoms with Crippen LogP contribution in [-0.2, 0) is 0 Å². The smallest absolute Gasteiger partial charge is 0.00840 e. The predicted molar refractivity (Wildman–Crippen MR) is 36.0 cm³/mol. The molecule has 0 aromatic carbocycles. The fraction of sp³-hybridized carbons (Fsp3) is 1.00. The second kappa shape index (κ2) is 4.96. The molecule has 0 aromatic rings. The fourth-order valence-electron chi connectivity index (χ4n) is 0. The summed E-state index contributed by atoms with van der Waals surface area (Å²) in [7, 11) is 0.120. The van der Waals surface area contributed by atoms with Crippen LogP contribution in [0, 0.1) is 0 Å². The summed E-state index contributed by atoms with van der Waals surface area (Å²) in [5.74, 6) is 0. The molecule has 0 unspecified atom stereocenters. The molecule has 0 aliphatic carbocycles. The van der Waals surface area contributed by atoms with Gasteiger partial charge >= 0.3 is 0 Å². The lowest BCUT2D eigenvalue weighted by molar-refractivity contribution is 2.13. The van der Waals surface area contributed by atoms with E-state index in [1.807, 2.05) is 0 Å². The topological polar surface area (TPSA) is 0 Å². The van der Waals surface area contributed by atoms with Gasteiger partial charge in [-0.15, -0.1) is 0 Å². The molecule has 0 fully saturated rings. The van der Waals surface area contributed by atoms with Gasteiger partial charge in [0.15, 0.2) is 17.4 Å². The molecule has 32 valence electrons. The van der Waals surface area contributed by atoms with E-state index in [4.69, 9.17) is 0 Å². The van der Waals surface area contributed by atoms with Crippen molar-refractivity contribution in [3.63, 3.8) is 0 Å². The highest BCUT2D eigenvalue weighted by atomic mass is 31.1. The molecular formula is C3H13AlP+. The molecule has 0 N–H and O–H groups in total. The molecule has 0 radical (unpaired) electrons. The van der Waals surface area contributed by atoms with Crippen LogP contribution >= 0.6 is 7.92 Å². The van der Waals surface area contributed by atoms with Gasteiger partial charge in [0, 0.05) is 20.0 Å². The number of hydrogen-bond donors (Lipinski definition) is 0. The Labute approximate surface area is 45.8 Å². The monoisotopic (exact) mass is 107 g/mol. The van der Waals surface area contributed by atoms with E-state index in [2.05, 4.69) is 20.0 Å². The maximum absolute atomic E-state index is 2.27. The molecular weight excluding hydrogens is 94.0 g/mol. The van der Waals surface area contributed by atoms with Gasteiger partial charge in [-0.25, -0.2) is 0 Å². The van der Waals surface area contributed by atoms with Crippen molar-refractivity contribution in [3.8, 4) is 0 Å². The first-order valence-electron chi connectivity index (χ1n) is 1.50. The Morgan fingerprint density at radius 1 is 1.00 bits per heavy atom. The van der Waals surface area contributed by atoms with Crippen LogP contribution in [0.2, 0.25) is 0 Å². The highest BCUT2D eigenvalue weighted by molar-refractivity contribution is 7.55. The summed E-state index contributed by atoms with van der Waals surface area (Å²) in [5.41, 5.74) is 0. The van der Waals surface area contributed by atoms with E-state index in [-0.39, 0.29) is 25.3 Å². The Hall–Kier alpha value is 0.962. The molecule has 0 aromatic heterocycles. The van der Waals surface area contributed by atoms with Crippen molar-refractivity contribution in [1.82, 2.24) is 0 Å². The van der Waals surface area contributed by atoms with Crippen LogP contribution in [0.25, 0.3) is 0 Å². The van der Waals surface area contributed by atoms with Gasteiger partial charge in [-0.1, -0.05) is 0 Å². The minimum absolute atomic E-state index is 0. The summed E-state index contributed by atoms with van der Waals surface area (Å²) in [6.45, 7) is 6.81. The van der Waals surface area contributed by atoms with Crippen LogP contribution in [0.3, 0.4) is 0 Å². The van der Waals surface area contributed by atoms with E-state index < -0.39 is 0 Å². The van der Waals surface area contributed by atoms with E-state index in [0.717, 1.165) is 0 Å². The third-order valence-electron chi connectivity index (χ3n) is 0. The maximum atomic E-state index is 2.27. The summed E-state index contributed by atoms with van der Waals surface area (Å²) >= 11 is 0. The molecule has 0 atom stereocenters. The summed E-state index contributed by atoms with van der Waals surface area (Å²) < 4.78 is 0. The predicted octanol–water partition coefficient (Wildman–Crippen LogP) is -0.0939. The zero-order valence-electron chi connectivity index (χ0n) is 3.50. The lowest BCUT2D eigenvalue weighted by Gasteiger charge is -1.71. The first kappa shape index (κ1) is 9.35. The fourth-order valence-corrected chi connectivity index (χ4v) is 0. The molecule has 5 heavy (non-hydrogen) atoms. The van der Waals surface area contributed by atoms with Gasteiger partial charge in [0.25, 0.3) is 0 Å². The largest absolute Gasteiger partial charge is 0.187 e. The van der Waals surface area contributed by atoms with Gasteiger partial charge in [-0.3, -0.25) is 0 Å². The second-order valence-corrected chi connectivity index (χ2v) is 4.50. The minimum atomic E-state index is 0. The van der Waals surface area contributed by atoms with E-state index in [9.17, 15) is 0 Å². The average molecular weight is 107 g/mol. The summed E-state index contributed by atoms with van der Waals surface area (Å²) in [6.07, 6.45) is 0. The highest BCUT2D eigenvalue weighted by Crippen LogP contribution is 2.14. The van der Waals surface area contributed by atoms with Gasteiger partial charge in [-0.2, -0.15) is 0 Å². The van der Waals surface area contributed by atoms with Gasteiger partial charge in [0.2, 0.25) is 0 Å². The van der Waals surface area contributed by atoms with Crippen LogP contribution < -0.4 is 0 Å². The van der Waals surface area contributed by atoms with Crippen LogP contribution in [-0.4, -0.2) is 37.4 Å². The second-order valence-electron chi connectivity index (χ2n) is 1.50. The molecule has 0 bridgehead atoms. The standard InChI is InChI=1S/C3H9P.Al.3H/c1-4(2)3;;;;/h1-3H3;;;;/p+1. The first-order valence-corrected chi connectivity index (χ1v) is 4.50. The molecule has 0 saturated heterocycles. The van der Waals surface area contributed by atoms with Crippen LogP contribution in [0.5, 0.6) is 0 Å². The Bertz CT molecular complexity index is 11.6. The number of rotatable bonds is 0. The molecule has 0 aliphatic heterocycles. The Kier molecular flexibility index (Phi) is 9.28. The van der Waals surface area contributed by atoms with Crippen molar-refractivity contribution >= 4 is 25.3 Å². The lowest BCUT2D eigenvalue weighted by atomic mass is 11.9. The van der Waals surface area contributed by atoms with Crippen molar-refractivity contribution < 1.29 is 0 Å². The summed E-state index contributed by atoms with van der Waals surface area (Å²) in [6, 6.07) is 0. The summed E-state index contributed by atoms with van der Waals surface area (Å²) in [5, 5.41) is 0. The molecule has 0 rings (SSSR count). The third kappa shape index (κ3) is 47.0. The molecule has 0 heterocycles. The van der Waals surface area contributed by atoms with Crippen molar-refractivity contribution in [2.75, 3.05) is 20.0 Å². The van der Waals surface area contributed by atoms with Gasteiger partial charge in [-0.05, 0) is 7.92 Å². The van der Waals surface area contributed by atoms with Crippen molar-refractivity contribution in [2.24, 2.45) is 0 Å². The normalized spacial score (nSPS) is 7.20. The zero-order valence-corrected chi connectivity index (χ0v) is 4.50. The Morgan fingerprint density at radius 3 is 1.00 bits per heavy atom. The lowest BCUT2D eigenvalue weighted by Crippen LogP contribution is -1.48. The van der Waals surface area contributed by atoms with E-state index in [0.29, 0.717) is 0 Å². The first-order chi connectivity index (χ1) is 1.73.